The minimum absolute atomic E-state index is 0.437. The van der Waals surface area contributed by atoms with Crippen molar-refractivity contribution in [3.05, 3.63) is 186 Å². The normalized spacial score (nSPS) is 13.4. The highest BCUT2D eigenvalue weighted by Crippen LogP contribution is 2.58. The number of fused-ring (bicyclic) bond motifs is 8. The summed E-state index contributed by atoms with van der Waals surface area (Å²) in [6.45, 7) is 0. The monoisotopic (exact) mass is 533 g/mol. The fourth-order valence-electron chi connectivity index (χ4n) is 7.60. The van der Waals surface area contributed by atoms with Crippen LogP contribution >= 0.6 is 0 Å². The Kier molecular flexibility index (Phi) is 4.88. The molecule has 7 aromatic carbocycles. The van der Waals surface area contributed by atoms with Crippen LogP contribution < -0.4 is 0 Å². The van der Waals surface area contributed by atoms with E-state index < -0.39 is 5.41 Å². The van der Waals surface area contributed by atoms with Crippen molar-refractivity contribution in [2.45, 2.75) is 5.41 Å². The number of para-hydroxylation sites is 2. The van der Waals surface area contributed by atoms with Crippen LogP contribution in [0, 0.1) is 0 Å². The molecule has 0 atom stereocenters. The van der Waals surface area contributed by atoms with Gasteiger partial charge in [-0.3, -0.25) is 0 Å². The molecule has 0 fully saturated rings. The molecule has 0 radical (unpaired) electrons. The number of hydrogen-bond acceptors (Lipinski definition) is 0. The summed E-state index contributed by atoms with van der Waals surface area (Å²) >= 11 is 0. The Bertz CT molecular complexity index is 2200. The van der Waals surface area contributed by atoms with Gasteiger partial charge in [-0.2, -0.15) is 0 Å². The van der Waals surface area contributed by atoms with Gasteiger partial charge in [0, 0.05) is 16.5 Å². The molecule has 9 rings (SSSR count). The molecule has 1 aromatic heterocycles. The highest BCUT2D eigenvalue weighted by atomic mass is 15.0. The Balaban J connectivity index is 1.44. The van der Waals surface area contributed by atoms with E-state index in [2.05, 4.69) is 168 Å². The van der Waals surface area contributed by atoms with Gasteiger partial charge in [0.2, 0.25) is 0 Å². The van der Waals surface area contributed by atoms with Crippen molar-refractivity contribution in [2.24, 2.45) is 0 Å². The maximum Gasteiger partial charge on any atom is 0.0719 e. The van der Waals surface area contributed by atoms with Crippen molar-refractivity contribution < 1.29 is 0 Å². The summed E-state index contributed by atoms with van der Waals surface area (Å²) in [6, 6.07) is 60.3. The van der Waals surface area contributed by atoms with E-state index in [4.69, 9.17) is 0 Å². The number of benzene rings is 7. The largest absolute Gasteiger partial charge is 0.309 e. The summed E-state index contributed by atoms with van der Waals surface area (Å²) in [4.78, 5) is 0. The van der Waals surface area contributed by atoms with Gasteiger partial charge in [0.1, 0.15) is 0 Å². The number of rotatable bonds is 3. The van der Waals surface area contributed by atoms with E-state index in [1.165, 1.54) is 71.6 Å². The molecule has 196 valence electrons. The second-order valence-electron chi connectivity index (χ2n) is 11.3. The molecule has 0 amide bonds. The molecule has 1 aliphatic rings. The third kappa shape index (κ3) is 3.03. The van der Waals surface area contributed by atoms with Gasteiger partial charge >= 0.3 is 0 Å². The minimum atomic E-state index is -0.437. The van der Waals surface area contributed by atoms with Crippen molar-refractivity contribution in [3.63, 3.8) is 0 Å². The second kappa shape index (κ2) is 8.80. The lowest BCUT2D eigenvalue weighted by molar-refractivity contribution is 0.775. The average molecular weight is 534 g/mol. The van der Waals surface area contributed by atoms with E-state index >= 15 is 0 Å². The fourth-order valence-corrected chi connectivity index (χ4v) is 7.60. The first kappa shape index (κ1) is 23.3. The van der Waals surface area contributed by atoms with Gasteiger partial charge in [-0.25, -0.2) is 0 Å². The predicted molar refractivity (Wildman–Crippen MR) is 176 cm³/mol. The predicted octanol–water partition coefficient (Wildman–Crippen LogP) is 10.3. The molecule has 0 aliphatic heterocycles. The Hall–Kier alpha value is -5.40. The third-order valence-electron chi connectivity index (χ3n) is 9.25. The summed E-state index contributed by atoms with van der Waals surface area (Å²) in [5.41, 5.74) is 11.1. The van der Waals surface area contributed by atoms with Crippen molar-refractivity contribution in [1.82, 2.24) is 4.57 Å². The zero-order chi connectivity index (χ0) is 27.7. The van der Waals surface area contributed by atoms with Crippen LogP contribution in [0.5, 0.6) is 0 Å². The van der Waals surface area contributed by atoms with Crippen molar-refractivity contribution in [2.75, 3.05) is 0 Å². The molecule has 0 spiro atoms. The van der Waals surface area contributed by atoms with Crippen LogP contribution in [-0.4, -0.2) is 4.57 Å². The molecule has 0 saturated heterocycles. The van der Waals surface area contributed by atoms with Crippen LogP contribution in [-0.2, 0) is 5.41 Å². The third-order valence-corrected chi connectivity index (χ3v) is 9.25. The second-order valence-corrected chi connectivity index (χ2v) is 11.3. The maximum absolute atomic E-state index is 2.43. The number of aromatic nitrogens is 1. The fraction of sp³-hybridized carbons (Fsp3) is 0.0244. The quantitative estimate of drug-likeness (QED) is 0.213. The molecular formula is C41H27N. The van der Waals surface area contributed by atoms with E-state index in [0.29, 0.717) is 0 Å². The van der Waals surface area contributed by atoms with Gasteiger partial charge in [0.05, 0.1) is 16.4 Å². The highest BCUT2D eigenvalue weighted by molar-refractivity contribution is 6.10. The van der Waals surface area contributed by atoms with Crippen LogP contribution in [0.1, 0.15) is 22.3 Å². The molecule has 1 heteroatoms. The smallest absolute Gasteiger partial charge is 0.0719 e. The van der Waals surface area contributed by atoms with Gasteiger partial charge in [-0.15, -0.1) is 0 Å². The SMILES string of the molecule is c1ccc(C2(c3ccccc3)c3ccccc3-c3ccc4ccc(-n5c6ccccc6c6ccccc65)cc4c32)cc1. The minimum Gasteiger partial charge on any atom is -0.309 e. The van der Waals surface area contributed by atoms with Gasteiger partial charge in [-0.05, 0) is 68.4 Å². The van der Waals surface area contributed by atoms with Crippen LogP contribution in [0.25, 0.3) is 49.4 Å². The van der Waals surface area contributed by atoms with Crippen LogP contribution in [0.2, 0.25) is 0 Å². The first-order chi connectivity index (χ1) is 20.9. The topological polar surface area (TPSA) is 4.93 Å². The summed E-state index contributed by atoms with van der Waals surface area (Å²) in [6.07, 6.45) is 0. The van der Waals surface area contributed by atoms with Crippen LogP contribution in [0.4, 0.5) is 0 Å². The average Bonchev–Trinajstić information content (AvgIpc) is 3.57. The number of hydrogen-bond donors (Lipinski definition) is 0. The molecule has 0 unspecified atom stereocenters. The molecule has 1 aliphatic carbocycles. The lowest BCUT2D eigenvalue weighted by atomic mass is 9.66. The summed E-state index contributed by atoms with van der Waals surface area (Å²) < 4.78 is 2.43. The van der Waals surface area contributed by atoms with E-state index in [9.17, 15) is 0 Å². The first-order valence-corrected chi connectivity index (χ1v) is 14.6. The highest BCUT2D eigenvalue weighted by Gasteiger charge is 2.46. The molecule has 0 N–H and O–H groups in total. The summed E-state index contributed by atoms with van der Waals surface area (Å²) in [5, 5.41) is 5.10. The summed E-state index contributed by atoms with van der Waals surface area (Å²) in [7, 11) is 0. The van der Waals surface area contributed by atoms with Crippen molar-refractivity contribution in [1.29, 1.82) is 0 Å². The Morgan fingerprint density at radius 2 is 0.952 bits per heavy atom. The lowest BCUT2D eigenvalue weighted by Crippen LogP contribution is -2.28. The van der Waals surface area contributed by atoms with Crippen LogP contribution in [0.3, 0.4) is 0 Å². The van der Waals surface area contributed by atoms with E-state index in [-0.39, 0.29) is 0 Å². The van der Waals surface area contributed by atoms with Gasteiger partial charge in [0.15, 0.2) is 0 Å². The molecule has 0 bridgehead atoms. The lowest BCUT2D eigenvalue weighted by Gasteiger charge is -2.34. The molecule has 0 saturated carbocycles. The van der Waals surface area contributed by atoms with Crippen molar-refractivity contribution >= 4 is 32.6 Å². The van der Waals surface area contributed by atoms with E-state index in [1.807, 2.05) is 0 Å². The molecule has 1 nitrogen and oxygen atoms in total. The zero-order valence-corrected chi connectivity index (χ0v) is 23.0. The van der Waals surface area contributed by atoms with E-state index in [0.717, 1.165) is 0 Å². The first-order valence-electron chi connectivity index (χ1n) is 14.6. The zero-order valence-electron chi connectivity index (χ0n) is 23.0. The Morgan fingerprint density at radius 3 is 1.62 bits per heavy atom. The van der Waals surface area contributed by atoms with Crippen molar-refractivity contribution in [3.8, 4) is 16.8 Å². The molecule has 42 heavy (non-hydrogen) atoms. The van der Waals surface area contributed by atoms with E-state index in [1.54, 1.807) is 0 Å². The van der Waals surface area contributed by atoms with Gasteiger partial charge in [-0.1, -0.05) is 140 Å². The van der Waals surface area contributed by atoms with Crippen LogP contribution in [0.15, 0.2) is 164 Å². The summed E-state index contributed by atoms with van der Waals surface area (Å²) in [5.74, 6) is 0. The standard InChI is InChI=1S/C41H27N/c1-3-13-29(14-4-1)41(30-15-5-2-6-16-30)37-20-10-7-17-32(37)35-26-24-28-23-25-31(27-36(28)40(35)41)42-38-21-11-8-18-33(38)34-19-9-12-22-39(34)42/h1-27H. The Morgan fingerprint density at radius 1 is 0.405 bits per heavy atom. The Labute approximate surface area is 244 Å². The molecular weight excluding hydrogens is 506 g/mol. The van der Waals surface area contributed by atoms with Gasteiger partial charge in [0.25, 0.3) is 0 Å². The van der Waals surface area contributed by atoms with Gasteiger partial charge < -0.3 is 4.57 Å². The number of nitrogens with zero attached hydrogens (tertiary/aromatic N) is 1. The molecule has 8 aromatic rings. The maximum atomic E-state index is 2.43. The molecule has 1 heterocycles.